The van der Waals surface area contributed by atoms with Gasteiger partial charge in [0.1, 0.15) is 0 Å². The molecular formula is C12H11IN2O. The Balaban J connectivity index is 2.12. The van der Waals surface area contributed by atoms with E-state index in [0.717, 1.165) is 30.8 Å². The van der Waals surface area contributed by atoms with Crippen molar-refractivity contribution in [3.05, 3.63) is 39.4 Å². The van der Waals surface area contributed by atoms with E-state index in [9.17, 15) is 0 Å². The van der Waals surface area contributed by atoms with E-state index >= 15 is 0 Å². The Bertz CT molecular complexity index is 508. The van der Waals surface area contributed by atoms with Crippen LogP contribution in [0.15, 0.2) is 29.1 Å². The molecule has 0 atom stereocenters. The number of fused-ring (bicyclic) bond motifs is 1. The van der Waals surface area contributed by atoms with Crippen LogP contribution in [0.25, 0.3) is 11.3 Å². The summed E-state index contributed by atoms with van der Waals surface area (Å²) in [5.41, 5.74) is 3.98. The van der Waals surface area contributed by atoms with Crippen molar-refractivity contribution < 1.29 is 4.42 Å². The van der Waals surface area contributed by atoms with E-state index in [1.807, 2.05) is 0 Å². The van der Waals surface area contributed by atoms with Crippen LogP contribution in [-0.2, 0) is 13.0 Å². The van der Waals surface area contributed by atoms with Crippen molar-refractivity contribution >= 4 is 22.6 Å². The lowest BCUT2D eigenvalue weighted by Crippen LogP contribution is -2.24. The largest absolute Gasteiger partial charge is 0.444 e. The molecule has 82 valence electrons. The Morgan fingerprint density at radius 2 is 2.31 bits per heavy atom. The van der Waals surface area contributed by atoms with Crippen LogP contribution >= 0.6 is 22.6 Å². The zero-order chi connectivity index (χ0) is 11.0. The van der Waals surface area contributed by atoms with Crippen LogP contribution in [-0.4, -0.2) is 11.5 Å². The molecule has 16 heavy (non-hydrogen) atoms. The molecule has 0 saturated carbocycles. The van der Waals surface area contributed by atoms with Crippen molar-refractivity contribution in [1.82, 2.24) is 10.3 Å². The van der Waals surface area contributed by atoms with Gasteiger partial charge in [0.2, 0.25) is 0 Å². The lowest BCUT2D eigenvalue weighted by atomic mass is 9.98. The topological polar surface area (TPSA) is 38.1 Å². The predicted octanol–water partition coefficient (Wildman–Crippen LogP) is 2.59. The molecular weight excluding hydrogens is 315 g/mol. The van der Waals surface area contributed by atoms with E-state index in [0.29, 0.717) is 0 Å². The number of hydrogen-bond acceptors (Lipinski definition) is 3. The van der Waals surface area contributed by atoms with Gasteiger partial charge in [-0.3, -0.25) is 0 Å². The minimum atomic E-state index is 0.847. The van der Waals surface area contributed by atoms with Crippen molar-refractivity contribution in [3.63, 3.8) is 0 Å². The molecule has 0 spiro atoms. The zero-order valence-corrected chi connectivity index (χ0v) is 10.8. The Kier molecular flexibility index (Phi) is 2.69. The average Bonchev–Trinajstić information content (AvgIpc) is 2.82. The normalized spacial score (nSPS) is 14.8. The number of aromatic nitrogens is 1. The van der Waals surface area contributed by atoms with Gasteiger partial charge in [-0.2, -0.15) is 0 Å². The molecule has 1 N–H and O–H groups in total. The summed E-state index contributed by atoms with van der Waals surface area (Å²) in [6.45, 7) is 2.03. The Hall–Kier alpha value is -0.880. The second-order valence-corrected chi connectivity index (χ2v) is 5.05. The summed E-state index contributed by atoms with van der Waals surface area (Å²) in [6, 6.07) is 4.38. The van der Waals surface area contributed by atoms with Crippen molar-refractivity contribution in [2.24, 2.45) is 0 Å². The number of rotatable bonds is 1. The summed E-state index contributed by atoms with van der Waals surface area (Å²) in [4.78, 5) is 3.96. The second-order valence-electron chi connectivity index (χ2n) is 3.89. The highest BCUT2D eigenvalue weighted by molar-refractivity contribution is 14.1. The van der Waals surface area contributed by atoms with E-state index in [4.69, 9.17) is 4.42 Å². The summed E-state index contributed by atoms with van der Waals surface area (Å²) >= 11 is 2.39. The quantitative estimate of drug-likeness (QED) is 0.819. The number of oxazole rings is 1. The summed E-state index contributed by atoms with van der Waals surface area (Å²) in [7, 11) is 0. The third-order valence-corrected chi connectivity index (χ3v) is 3.84. The number of nitrogens with zero attached hydrogens (tertiary/aromatic N) is 1. The fourth-order valence-corrected chi connectivity index (χ4v) is 2.92. The van der Waals surface area contributed by atoms with Gasteiger partial charge in [0.05, 0.1) is 6.20 Å². The first-order valence-electron chi connectivity index (χ1n) is 5.25. The third kappa shape index (κ3) is 1.76. The van der Waals surface area contributed by atoms with Crippen molar-refractivity contribution in [2.75, 3.05) is 6.54 Å². The highest BCUT2D eigenvalue weighted by Gasteiger charge is 2.14. The van der Waals surface area contributed by atoms with Crippen molar-refractivity contribution in [1.29, 1.82) is 0 Å². The smallest absolute Gasteiger partial charge is 0.181 e. The van der Waals surface area contributed by atoms with Gasteiger partial charge in [0, 0.05) is 15.7 Å². The van der Waals surface area contributed by atoms with Gasteiger partial charge < -0.3 is 9.73 Å². The molecule has 2 heterocycles. The van der Waals surface area contributed by atoms with Crippen LogP contribution in [0.3, 0.4) is 0 Å². The molecule has 3 rings (SSSR count). The van der Waals surface area contributed by atoms with E-state index in [1.165, 1.54) is 21.1 Å². The van der Waals surface area contributed by atoms with Gasteiger partial charge in [-0.1, -0.05) is 0 Å². The van der Waals surface area contributed by atoms with Crippen LogP contribution in [0.5, 0.6) is 0 Å². The van der Waals surface area contributed by atoms with E-state index in [1.54, 1.807) is 6.20 Å². The molecule has 0 unspecified atom stereocenters. The summed E-state index contributed by atoms with van der Waals surface area (Å²) in [5.74, 6) is 0.847. The fourth-order valence-electron chi connectivity index (χ4n) is 2.05. The third-order valence-electron chi connectivity index (χ3n) is 2.88. The monoisotopic (exact) mass is 326 g/mol. The standard InChI is InChI=1S/C12H11IN2O/c13-11-4-9(12-6-15-7-16-12)3-8-1-2-14-5-10(8)11/h3-4,6-7,14H,1-2,5H2. The highest BCUT2D eigenvalue weighted by atomic mass is 127. The second kappa shape index (κ2) is 4.18. The minimum absolute atomic E-state index is 0.847. The van der Waals surface area contributed by atoms with Crippen molar-refractivity contribution in [2.45, 2.75) is 13.0 Å². The Labute approximate surface area is 107 Å². The zero-order valence-electron chi connectivity index (χ0n) is 8.66. The van der Waals surface area contributed by atoms with Crippen molar-refractivity contribution in [3.8, 4) is 11.3 Å². The Morgan fingerprint density at radius 1 is 1.38 bits per heavy atom. The number of halogens is 1. The van der Waals surface area contributed by atoms with Gasteiger partial charge in [0.25, 0.3) is 0 Å². The summed E-state index contributed by atoms with van der Waals surface area (Å²) < 4.78 is 6.64. The van der Waals surface area contributed by atoms with Crippen LogP contribution in [0, 0.1) is 3.57 Å². The van der Waals surface area contributed by atoms with E-state index < -0.39 is 0 Å². The van der Waals surface area contributed by atoms with Crippen LogP contribution in [0.1, 0.15) is 11.1 Å². The first-order chi connectivity index (χ1) is 7.84. The van der Waals surface area contributed by atoms with Gasteiger partial charge in [-0.05, 0) is 58.8 Å². The molecule has 0 amide bonds. The molecule has 1 aromatic heterocycles. The average molecular weight is 326 g/mol. The van der Waals surface area contributed by atoms with Gasteiger partial charge in [0.15, 0.2) is 12.2 Å². The van der Waals surface area contributed by atoms with Crippen LogP contribution in [0.2, 0.25) is 0 Å². The van der Waals surface area contributed by atoms with Crippen LogP contribution in [0.4, 0.5) is 0 Å². The first kappa shape index (κ1) is 10.3. The molecule has 0 fully saturated rings. The maximum atomic E-state index is 5.34. The number of benzene rings is 1. The molecule has 2 aromatic rings. The van der Waals surface area contributed by atoms with E-state index in [-0.39, 0.29) is 0 Å². The minimum Gasteiger partial charge on any atom is -0.444 e. The number of hydrogen-bond donors (Lipinski definition) is 1. The molecule has 0 bridgehead atoms. The maximum Gasteiger partial charge on any atom is 0.181 e. The van der Waals surface area contributed by atoms with Crippen LogP contribution < -0.4 is 5.32 Å². The van der Waals surface area contributed by atoms with E-state index in [2.05, 4.69) is 45.0 Å². The SMILES string of the molecule is Ic1cc(-c2cnco2)cc2c1CNCC2. The molecule has 0 aliphatic carbocycles. The molecule has 1 aliphatic heterocycles. The molecule has 1 aliphatic rings. The molecule has 4 heteroatoms. The summed E-state index contributed by atoms with van der Waals surface area (Å²) in [5, 5.41) is 3.40. The number of nitrogens with one attached hydrogen (secondary N) is 1. The lowest BCUT2D eigenvalue weighted by Gasteiger charge is -2.19. The predicted molar refractivity (Wildman–Crippen MR) is 70.1 cm³/mol. The molecule has 1 aromatic carbocycles. The maximum absolute atomic E-state index is 5.34. The Morgan fingerprint density at radius 3 is 3.12 bits per heavy atom. The van der Waals surface area contributed by atoms with Gasteiger partial charge in [-0.15, -0.1) is 0 Å². The van der Waals surface area contributed by atoms with Gasteiger partial charge >= 0.3 is 0 Å². The highest BCUT2D eigenvalue weighted by Crippen LogP contribution is 2.28. The summed E-state index contributed by atoms with van der Waals surface area (Å²) in [6.07, 6.45) is 4.33. The lowest BCUT2D eigenvalue weighted by molar-refractivity contribution is 0.571. The van der Waals surface area contributed by atoms with Gasteiger partial charge in [-0.25, -0.2) is 4.98 Å². The molecule has 3 nitrogen and oxygen atoms in total. The fraction of sp³-hybridized carbons (Fsp3) is 0.250. The molecule has 0 radical (unpaired) electrons. The first-order valence-corrected chi connectivity index (χ1v) is 6.33. The molecule has 0 saturated heterocycles.